The van der Waals surface area contributed by atoms with E-state index in [0.717, 1.165) is 4.67 Å². The van der Waals surface area contributed by atoms with E-state index in [9.17, 15) is 9.13 Å². The Morgan fingerprint density at radius 2 is 1.71 bits per heavy atom. The summed E-state index contributed by atoms with van der Waals surface area (Å²) in [6.07, 6.45) is 0.118. The Balaban J connectivity index is 3.67. The molecular weight excluding hydrogens is 236 g/mol. The molecule has 0 aliphatic rings. The molecule has 10 heteroatoms. The number of hydrogen-bond donors (Lipinski definition) is 4. The second-order valence-electron chi connectivity index (χ2n) is 2.57. The van der Waals surface area contributed by atoms with Gasteiger partial charge < -0.3 is 19.6 Å². The molecule has 0 rings (SSSR count). The molecule has 0 bridgehead atoms. The van der Waals surface area contributed by atoms with E-state index in [0.29, 0.717) is 0 Å². The maximum atomic E-state index is 10.5. The van der Waals surface area contributed by atoms with Crippen LogP contribution in [0.5, 0.6) is 0 Å². The molecule has 4 N–H and O–H groups in total. The topological polar surface area (TPSA) is 128 Å². The number of phosphoric acid groups is 1. The molecule has 0 aliphatic carbocycles. The summed E-state index contributed by atoms with van der Waals surface area (Å²) in [5.41, 5.74) is 0. The highest BCUT2D eigenvalue weighted by Crippen LogP contribution is 2.39. The second kappa shape index (κ2) is 5.34. The lowest BCUT2D eigenvalue weighted by Crippen LogP contribution is -2.17. The third kappa shape index (κ3) is 7.61. The average molecular weight is 249 g/mol. The fourth-order valence-electron chi connectivity index (χ4n) is 0.607. The minimum Gasteiger partial charge on any atom is -0.312 e. The normalized spacial score (nSPS) is 13.6. The summed E-state index contributed by atoms with van der Waals surface area (Å²) in [6, 6.07) is 0. The van der Waals surface area contributed by atoms with Crippen LogP contribution in [0.15, 0.2) is 0 Å². The van der Waals surface area contributed by atoms with Gasteiger partial charge >= 0.3 is 15.6 Å². The molecule has 0 aromatic heterocycles. The van der Waals surface area contributed by atoms with Crippen LogP contribution in [0.3, 0.4) is 0 Å². The van der Waals surface area contributed by atoms with Gasteiger partial charge in [-0.25, -0.2) is 13.8 Å². The third-order valence-corrected chi connectivity index (χ3v) is 2.94. The van der Waals surface area contributed by atoms with Crippen molar-refractivity contribution in [3.8, 4) is 0 Å². The van der Waals surface area contributed by atoms with Crippen LogP contribution in [-0.2, 0) is 13.7 Å². The van der Waals surface area contributed by atoms with Crippen molar-refractivity contribution < 1.29 is 33.2 Å². The highest BCUT2D eigenvalue weighted by Gasteiger charge is 2.20. The van der Waals surface area contributed by atoms with Gasteiger partial charge in [-0.2, -0.15) is 0 Å². The second-order valence-corrected chi connectivity index (χ2v) is 5.52. The molecule has 86 valence electrons. The first kappa shape index (κ1) is 14.2. The van der Waals surface area contributed by atoms with Gasteiger partial charge in [0.05, 0.1) is 6.61 Å². The van der Waals surface area contributed by atoms with Crippen molar-refractivity contribution in [1.29, 1.82) is 0 Å². The molecule has 0 saturated heterocycles. The van der Waals surface area contributed by atoms with Gasteiger partial charge in [0.15, 0.2) is 0 Å². The van der Waals surface area contributed by atoms with Gasteiger partial charge in [-0.05, 0) is 13.5 Å². The molecule has 0 unspecified atom stereocenters. The van der Waals surface area contributed by atoms with E-state index in [1.807, 2.05) is 0 Å². The van der Waals surface area contributed by atoms with E-state index in [2.05, 4.69) is 4.52 Å². The summed E-state index contributed by atoms with van der Waals surface area (Å²) in [5.74, 6) is 0. The molecule has 0 spiro atoms. The van der Waals surface area contributed by atoms with Gasteiger partial charge in [-0.15, -0.1) is 0 Å². The van der Waals surface area contributed by atoms with Crippen molar-refractivity contribution in [3.05, 3.63) is 0 Å². The molecule has 0 radical (unpaired) electrons. The van der Waals surface area contributed by atoms with Crippen molar-refractivity contribution in [3.63, 3.8) is 0 Å². The zero-order valence-electron chi connectivity index (χ0n) is 7.48. The van der Waals surface area contributed by atoms with E-state index >= 15 is 0 Å². The summed E-state index contributed by atoms with van der Waals surface area (Å²) in [4.78, 5) is 33.7. The van der Waals surface area contributed by atoms with Gasteiger partial charge in [0.25, 0.3) is 0 Å². The lowest BCUT2D eigenvalue weighted by molar-refractivity contribution is 0.189. The Hall–Kier alpha value is 0.220. The monoisotopic (exact) mass is 249 g/mol. The van der Waals surface area contributed by atoms with Crippen molar-refractivity contribution in [2.24, 2.45) is 0 Å². The van der Waals surface area contributed by atoms with Gasteiger partial charge in [-0.1, -0.05) is 0 Å². The van der Waals surface area contributed by atoms with Gasteiger partial charge in [0.1, 0.15) is 0 Å². The number of phosphoric ester groups is 1. The molecule has 0 atom stereocenters. The fraction of sp³-hybridized carbons (Fsp3) is 1.00. The Morgan fingerprint density at radius 3 is 2.07 bits per heavy atom. The molecule has 0 aromatic carbocycles. The molecule has 0 heterocycles. The zero-order valence-corrected chi connectivity index (χ0v) is 9.27. The quantitative estimate of drug-likeness (QED) is 0.366. The van der Waals surface area contributed by atoms with Crippen LogP contribution in [0.25, 0.3) is 0 Å². The summed E-state index contributed by atoms with van der Waals surface area (Å²) in [5, 5.41) is 0. The summed E-state index contributed by atoms with van der Waals surface area (Å²) < 4.78 is 25.6. The zero-order chi connectivity index (χ0) is 11.4. The number of hydrogen-bond acceptors (Lipinski definition) is 3. The predicted molar refractivity (Wildman–Crippen MR) is 47.3 cm³/mol. The minimum atomic E-state index is -4.48. The molecule has 0 aliphatic heterocycles. The lowest BCUT2D eigenvalue weighted by Gasteiger charge is -2.17. The van der Waals surface area contributed by atoms with Crippen LogP contribution >= 0.6 is 15.6 Å². The van der Waals surface area contributed by atoms with E-state index in [1.165, 1.54) is 7.05 Å². The van der Waals surface area contributed by atoms with Gasteiger partial charge in [-0.3, -0.25) is 4.52 Å². The molecular formula is C4H13NO7P2. The minimum absolute atomic E-state index is 0.00965. The first-order valence-corrected chi connectivity index (χ1v) is 6.70. The van der Waals surface area contributed by atoms with Crippen LogP contribution < -0.4 is 0 Å². The van der Waals surface area contributed by atoms with Crippen LogP contribution in [0.2, 0.25) is 0 Å². The maximum absolute atomic E-state index is 10.5. The van der Waals surface area contributed by atoms with Gasteiger partial charge in [0, 0.05) is 6.54 Å². The Bertz CT molecular complexity index is 256. The molecule has 0 amide bonds. The van der Waals surface area contributed by atoms with E-state index < -0.39 is 15.6 Å². The molecule has 0 aromatic rings. The maximum Gasteiger partial charge on any atom is 0.469 e. The first-order chi connectivity index (χ1) is 6.13. The van der Waals surface area contributed by atoms with E-state index in [1.54, 1.807) is 0 Å². The smallest absolute Gasteiger partial charge is 0.312 e. The van der Waals surface area contributed by atoms with Crippen LogP contribution in [-0.4, -0.2) is 44.4 Å². The van der Waals surface area contributed by atoms with Crippen LogP contribution in [0, 0.1) is 0 Å². The summed E-state index contributed by atoms with van der Waals surface area (Å²) in [7, 11) is -7.53. The predicted octanol–water partition coefficient (Wildman–Crippen LogP) is -0.490. The Labute approximate surface area is 81.0 Å². The molecule has 8 nitrogen and oxygen atoms in total. The standard InChI is InChI=1S/C4H13NO7P2/c1-5(13(6,7)8)3-2-4-12-14(9,10)11/h2-4H2,1H3,(H2,6,7,8)(H2,9,10,11). The molecule has 0 saturated carbocycles. The largest absolute Gasteiger partial charge is 0.469 e. The van der Waals surface area contributed by atoms with Crippen LogP contribution in [0.1, 0.15) is 6.42 Å². The van der Waals surface area contributed by atoms with Crippen molar-refractivity contribution in [1.82, 2.24) is 4.67 Å². The van der Waals surface area contributed by atoms with Crippen molar-refractivity contribution in [2.75, 3.05) is 20.2 Å². The fourth-order valence-corrected chi connectivity index (χ4v) is 1.38. The average Bonchev–Trinajstić information content (AvgIpc) is 1.93. The van der Waals surface area contributed by atoms with E-state index in [4.69, 9.17) is 19.6 Å². The van der Waals surface area contributed by atoms with E-state index in [-0.39, 0.29) is 19.6 Å². The SMILES string of the molecule is CN(CCCOP(=O)(O)O)P(=O)(O)O. The number of rotatable bonds is 6. The Morgan fingerprint density at radius 1 is 1.21 bits per heavy atom. The number of nitrogens with zero attached hydrogens (tertiary/aromatic N) is 1. The van der Waals surface area contributed by atoms with Crippen LogP contribution in [0.4, 0.5) is 0 Å². The van der Waals surface area contributed by atoms with Gasteiger partial charge in [0.2, 0.25) is 0 Å². The highest BCUT2D eigenvalue weighted by molar-refractivity contribution is 7.49. The lowest BCUT2D eigenvalue weighted by atomic mass is 10.5. The highest BCUT2D eigenvalue weighted by atomic mass is 31.2. The first-order valence-electron chi connectivity index (χ1n) is 3.60. The van der Waals surface area contributed by atoms with Crippen molar-refractivity contribution >= 4 is 15.6 Å². The molecule has 14 heavy (non-hydrogen) atoms. The summed E-state index contributed by atoms with van der Waals surface area (Å²) >= 11 is 0. The van der Waals surface area contributed by atoms with Crippen molar-refractivity contribution in [2.45, 2.75) is 6.42 Å². The molecule has 0 fully saturated rings. The Kier molecular flexibility index (Phi) is 5.43. The third-order valence-electron chi connectivity index (χ3n) is 1.33. The summed E-state index contributed by atoms with van der Waals surface area (Å²) in [6.45, 7) is -0.265.